The first-order valence-electron chi connectivity index (χ1n) is 5.07. The predicted molar refractivity (Wildman–Crippen MR) is 68.0 cm³/mol. The second-order valence-corrected chi connectivity index (χ2v) is 4.50. The van der Waals surface area contributed by atoms with Gasteiger partial charge in [-0.2, -0.15) is 0 Å². The van der Waals surface area contributed by atoms with E-state index in [4.69, 9.17) is 11.6 Å². The highest BCUT2D eigenvalue weighted by atomic mass is 35.5. The van der Waals surface area contributed by atoms with E-state index in [0.29, 0.717) is 16.2 Å². The van der Waals surface area contributed by atoms with Crippen LogP contribution in [-0.4, -0.2) is 24.8 Å². The molecular formula is C13H16ClNO. The van der Waals surface area contributed by atoms with Crippen LogP contribution in [-0.2, 0) is 0 Å². The van der Waals surface area contributed by atoms with Gasteiger partial charge in [0, 0.05) is 31.4 Å². The van der Waals surface area contributed by atoms with Gasteiger partial charge in [-0.05, 0) is 26.0 Å². The molecule has 0 N–H and O–H groups in total. The molecule has 0 heterocycles. The van der Waals surface area contributed by atoms with E-state index in [-0.39, 0.29) is 5.78 Å². The molecule has 0 saturated carbocycles. The number of benzene rings is 1. The summed E-state index contributed by atoms with van der Waals surface area (Å²) in [6.07, 6.45) is 1.79. The molecule has 0 fully saturated rings. The summed E-state index contributed by atoms with van der Waals surface area (Å²) in [7, 11) is 3.77. The maximum Gasteiger partial charge on any atom is 0.191 e. The molecule has 86 valence electrons. The molecule has 0 aliphatic carbocycles. The summed E-state index contributed by atoms with van der Waals surface area (Å²) in [5, 5.41) is 0.502. The van der Waals surface area contributed by atoms with E-state index in [1.165, 1.54) is 0 Å². The van der Waals surface area contributed by atoms with Gasteiger partial charge in [-0.3, -0.25) is 4.79 Å². The van der Waals surface area contributed by atoms with Crippen molar-refractivity contribution in [3.05, 3.63) is 46.1 Å². The van der Waals surface area contributed by atoms with Crippen molar-refractivity contribution in [2.75, 3.05) is 14.1 Å². The topological polar surface area (TPSA) is 20.3 Å². The van der Waals surface area contributed by atoms with E-state index in [1.54, 1.807) is 19.2 Å². The number of nitrogens with zero attached hydrogens (tertiary/aromatic N) is 1. The van der Waals surface area contributed by atoms with Crippen LogP contribution in [0.15, 0.2) is 30.0 Å². The van der Waals surface area contributed by atoms with Crippen LogP contribution in [0, 0.1) is 6.92 Å². The van der Waals surface area contributed by atoms with Gasteiger partial charge in [-0.15, -0.1) is 0 Å². The summed E-state index contributed by atoms with van der Waals surface area (Å²) in [6.45, 7) is 3.74. The minimum Gasteiger partial charge on any atom is -0.383 e. The van der Waals surface area contributed by atoms with Gasteiger partial charge in [0.1, 0.15) is 0 Å². The quantitative estimate of drug-likeness (QED) is 0.594. The number of ketones is 1. The summed E-state index contributed by atoms with van der Waals surface area (Å²) in [6, 6.07) is 5.47. The van der Waals surface area contributed by atoms with Gasteiger partial charge in [-0.1, -0.05) is 23.2 Å². The zero-order valence-electron chi connectivity index (χ0n) is 10.0. The monoisotopic (exact) mass is 237 g/mol. The second-order valence-electron chi connectivity index (χ2n) is 4.09. The number of aryl methyl sites for hydroxylation is 1. The van der Waals surface area contributed by atoms with Crippen LogP contribution in [0.2, 0.25) is 5.02 Å². The lowest BCUT2D eigenvalue weighted by Gasteiger charge is -2.09. The van der Waals surface area contributed by atoms with E-state index >= 15 is 0 Å². The molecule has 0 saturated heterocycles. The number of hydrogen-bond donors (Lipinski definition) is 0. The zero-order valence-corrected chi connectivity index (χ0v) is 10.8. The number of carbonyl (C=O) groups excluding carboxylic acids is 1. The Hall–Kier alpha value is -1.28. The van der Waals surface area contributed by atoms with Crippen LogP contribution in [0.1, 0.15) is 22.8 Å². The average Bonchev–Trinajstić information content (AvgIpc) is 2.19. The summed E-state index contributed by atoms with van der Waals surface area (Å²) < 4.78 is 0. The van der Waals surface area contributed by atoms with E-state index < -0.39 is 0 Å². The molecule has 0 aliphatic heterocycles. The number of hydrogen-bond acceptors (Lipinski definition) is 2. The zero-order chi connectivity index (χ0) is 12.3. The van der Waals surface area contributed by atoms with Crippen LogP contribution >= 0.6 is 11.6 Å². The SMILES string of the molecule is C/C(=C\N(C)C)C(=O)c1cc(C)ccc1Cl. The van der Waals surface area contributed by atoms with E-state index in [2.05, 4.69) is 0 Å². The summed E-state index contributed by atoms with van der Waals surface area (Å²) in [5.41, 5.74) is 2.28. The van der Waals surface area contributed by atoms with Crippen molar-refractivity contribution in [1.82, 2.24) is 4.90 Å². The van der Waals surface area contributed by atoms with Gasteiger partial charge in [0.25, 0.3) is 0 Å². The second kappa shape index (κ2) is 5.17. The number of carbonyl (C=O) groups is 1. The Morgan fingerprint density at radius 2 is 2.00 bits per heavy atom. The smallest absolute Gasteiger partial charge is 0.191 e. The van der Waals surface area contributed by atoms with Crippen molar-refractivity contribution in [2.45, 2.75) is 13.8 Å². The molecule has 2 nitrogen and oxygen atoms in total. The highest BCUT2D eigenvalue weighted by Gasteiger charge is 2.12. The maximum atomic E-state index is 12.1. The number of Topliss-reactive ketones (excluding diaryl/α,β-unsaturated/α-hetero) is 1. The Kier molecular flexibility index (Phi) is 4.13. The van der Waals surface area contributed by atoms with Gasteiger partial charge in [0.2, 0.25) is 0 Å². The van der Waals surface area contributed by atoms with Gasteiger partial charge in [-0.25, -0.2) is 0 Å². The number of allylic oxidation sites excluding steroid dienone is 1. The number of halogens is 1. The Balaban J connectivity index is 3.10. The van der Waals surface area contributed by atoms with Crippen LogP contribution in [0.4, 0.5) is 0 Å². The molecule has 0 radical (unpaired) electrons. The Labute approximate surface area is 102 Å². The molecule has 3 heteroatoms. The fraction of sp³-hybridized carbons (Fsp3) is 0.308. The molecule has 0 unspecified atom stereocenters. The third-order valence-corrected chi connectivity index (χ3v) is 2.51. The molecule has 0 aromatic heterocycles. The van der Waals surface area contributed by atoms with Crippen molar-refractivity contribution >= 4 is 17.4 Å². The van der Waals surface area contributed by atoms with Gasteiger partial charge in [0.05, 0.1) is 5.02 Å². The first-order valence-corrected chi connectivity index (χ1v) is 5.45. The first kappa shape index (κ1) is 12.8. The Morgan fingerprint density at radius 3 is 2.56 bits per heavy atom. The molecule has 1 aromatic rings. The Morgan fingerprint density at radius 1 is 1.38 bits per heavy atom. The van der Waals surface area contributed by atoms with Gasteiger partial charge >= 0.3 is 0 Å². The molecule has 0 spiro atoms. The molecule has 0 aliphatic rings. The van der Waals surface area contributed by atoms with Crippen LogP contribution in [0.25, 0.3) is 0 Å². The van der Waals surface area contributed by atoms with E-state index in [1.807, 2.05) is 38.1 Å². The normalized spacial score (nSPS) is 11.4. The van der Waals surface area contributed by atoms with Gasteiger partial charge in [0.15, 0.2) is 5.78 Å². The van der Waals surface area contributed by atoms with Crippen LogP contribution in [0.5, 0.6) is 0 Å². The Bertz CT molecular complexity index is 436. The molecule has 16 heavy (non-hydrogen) atoms. The molecular weight excluding hydrogens is 222 g/mol. The number of rotatable bonds is 3. The highest BCUT2D eigenvalue weighted by Crippen LogP contribution is 2.20. The average molecular weight is 238 g/mol. The molecule has 0 amide bonds. The predicted octanol–water partition coefficient (Wildman–Crippen LogP) is 3.30. The molecule has 0 bridgehead atoms. The fourth-order valence-electron chi connectivity index (χ4n) is 1.47. The highest BCUT2D eigenvalue weighted by molar-refractivity contribution is 6.34. The van der Waals surface area contributed by atoms with Crippen molar-refractivity contribution in [2.24, 2.45) is 0 Å². The standard InChI is InChI=1S/C13H16ClNO/c1-9-5-6-12(14)11(7-9)13(16)10(2)8-15(3)4/h5-8H,1-4H3/b10-8+. The van der Waals surface area contributed by atoms with Crippen molar-refractivity contribution in [1.29, 1.82) is 0 Å². The minimum absolute atomic E-state index is 0.0256. The lowest BCUT2D eigenvalue weighted by molar-refractivity contribution is 0.103. The lowest BCUT2D eigenvalue weighted by atomic mass is 10.0. The van der Waals surface area contributed by atoms with Crippen molar-refractivity contribution < 1.29 is 4.79 Å². The third-order valence-electron chi connectivity index (χ3n) is 2.18. The summed E-state index contributed by atoms with van der Waals surface area (Å²) >= 11 is 6.01. The van der Waals surface area contributed by atoms with Gasteiger partial charge < -0.3 is 4.90 Å². The van der Waals surface area contributed by atoms with E-state index in [0.717, 1.165) is 5.56 Å². The van der Waals surface area contributed by atoms with Crippen LogP contribution in [0.3, 0.4) is 0 Å². The summed E-state index contributed by atoms with van der Waals surface area (Å²) in [4.78, 5) is 13.9. The molecule has 0 atom stereocenters. The molecule has 1 aromatic carbocycles. The van der Waals surface area contributed by atoms with Crippen molar-refractivity contribution in [3.63, 3.8) is 0 Å². The van der Waals surface area contributed by atoms with Crippen LogP contribution < -0.4 is 0 Å². The third kappa shape index (κ3) is 3.11. The van der Waals surface area contributed by atoms with Crippen molar-refractivity contribution in [3.8, 4) is 0 Å². The fourth-order valence-corrected chi connectivity index (χ4v) is 1.67. The summed E-state index contributed by atoms with van der Waals surface area (Å²) in [5.74, 6) is -0.0256. The first-order chi connectivity index (χ1) is 7.41. The maximum absolute atomic E-state index is 12.1. The largest absolute Gasteiger partial charge is 0.383 e. The molecule has 1 rings (SSSR count). The van der Waals surface area contributed by atoms with E-state index in [9.17, 15) is 4.79 Å². The lowest BCUT2D eigenvalue weighted by Crippen LogP contribution is -2.08. The minimum atomic E-state index is -0.0256.